The Balaban J connectivity index is 1.56. The Morgan fingerprint density at radius 3 is 2.59 bits per heavy atom. The van der Waals surface area contributed by atoms with Crippen molar-refractivity contribution in [2.24, 2.45) is 0 Å². The van der Waals surface area contributed by atoms with Crippen molar-refractivity contribution in [2.75, 3.05) is 5.32 Å². The molecule has 0 aromatic carbocycles. The summed E-state index contributed by atoms with van der Waals surface area (Å²) in [5.74, 6) is 0.550. The number of fused-ring (bicyclic) bond motifs is 2. The number of nitrogens with zero attached hydrogens (tertiary/aromatic N) is 4. The number of hydrogen-bond donors (Lipinski definition) is 2. The van der Waals surface area contributed by atoms with Crippen LogP contribution in [0.1, 0.15) is 57.8 Å². The highest BCUT2D eigenvalue weighted by Gasteiger charge is 2.60. The van der Waals surface area contributed by atoms with Gasteiger partial charge in [0, 0.05) is 12.2 Å². The number of anilines is 1. The van der Waals surface area contributed by atoms with Crippen molar-refractivity contribution in [3.05, 3.63) is 41.1 Å². The summed E-state index contributed by atoms with van der Waals surface area (Å²) in [5.41, 5.74) is 0.483. The number of amides is 1. The molecule has 1 aromatic rings. The molecule has 2 N–H and O–H groups in total. The molecule has 154 valence electrons. The zero-order chi connectivity index (χ0) is 20.0. The third-order valence-corrected chi connectivity index (χ3v) is 7.08. The molecule has 2 saturated carbocycles. The van der Waals surface area contributed by atoms with Crippen molar-refractivity contribution >= 4 is 23.3 Å². The van der Waals surface area contributed by atoms with Crippen molar-refractivity contribution in [3.8, 4) is 0 Å². The number of carbonyl (C=O) groups is 1. The molecule has 0 bridgehead atoms. The highest BCUT2D eigenvalue weighted by Crippen LogP contribution is 2.51. The van der Waals surface area contributed by atoms with Gasteiger partial charge in [0.1, 0.15) is 23.5 Å². The van der Waals surface area contributed by atoms with Gasteiger partial charge in [-0.05, 0) is 50.7 Å². The second-order valence-electron chi connectivity index (χ2n) is 8.42. The van der Waals surface area contributed by atoms with E-state index in [2.05, 4.69) is 20.2 Å². The van der Waals surface area contributed by atoms with Crippen LogP contribution in [-0.2, 0) is 4.79 Å². The first-order chi connectivity index (χ1) is 14.1. The summed E-state index contributed by atoms with van der Waals surface area (Å²) in [6.45, 7) is 0. The average molecular weight is 416 g/mol. The SMILES string of the molecule is O=C1C2=C(Cl)C=C(Nc3ccncn3)C(O)N2C2(CCCCC2)N1C1CCCC1. The van der Waals surface area contributed by atoms with E-state index in [1.807, 2.05) is 4.90 Å². The molecule has 7 nitrogen and oxygen atoms in total. The fourth-order valence-electron chi connectivity index (χ4n) is 5.60. The number of allylic oxidation sites excluding steroid dienone is 2. The van der Waals surface area contributed by atoms with E-state index in [1.54, 1.807) is 18.3 Å². The van der Waals surface area contributed by atoms with Crippen LogP contribution in [0.4, 0.5) is 5.82 Å². The number of carbonyl (C=O) groups excluding carboxylic acids is 1. The predicted octanol–water partition coefficient (Wildman–Crippen LogP) is 3.30. The summed E-state index contributed by atoms with van der Waals surface area (Å²) >= 11 is 6.64. The molecule has 3 fully saturated rings. The van der Waals surface area contributed by atoms with Gasteiger partial charge in [0.05, 0.1) is 10.7 Å². The smallest absolute Gasteiger partial charge is 0.273 e. The molecule has 0 radical (unpaired) electrons. The lowest BCUT2D eigenvalue weighted by atomic mass is 9.85. The van der Waals surface area contributed by atoms with E-state index in [4.69, 9.17) is 11.6 Å². The van der Waals surface area contributed by atoms with Crippen LogP contribution in [0, 0.1) is 0 Å². The lowest BCUT2D eigenvalue weighted by molar-refractivity contribution is -0.140. The van der Waals surface area contributed by atoms with E-state index in [0.29, 0.717) is 22.2 Å². The van der Waals surface area contributed by atoms with Gasteiger partial charge in [0.25, 0.3) is 5.91 Å². The lowest BCUT2D eigenvalue weighted by Crippen LogP contribution is -2.61. The summed E-state index contributed by atoms with van der Waals surface area (Å²) in [5, 5.41) is 14.9. The molecular weight excluding hydrogens is 390 g/mol. The number of hydrogen-bond acceptors (Lipinski definition) is 6. The van der Waals surface area contributed by atoms with Crippen LogP contribution in [-0.4, -0.2) is 48.7 Å². The number of aliphatic hydroxyl groups is 1. The van der Waals surface area contributed by atoms with Crippen molar-refractivity contribution in [1.29, 1.82) is 0 Å². The van der Waals surface area contributed by atoms with Gasteiger partial charge in [-0.15, -0.1) is 0 Å². The lowest BCUT2D eigenvalue weighted by Gasteiger charge is -2.51. The molecule has 1 spiro atoms. The van der Waals surface area contributed by atoms with Gasteiger partial charge < -0.3 is 20.2 Å². The molecule has 29 heavy (non-hydrogen) atoms. The van der Waals surface area contributed by atoms with E-state index in [9.17, 15) is 9.90 Å². The maximum Gasteiger partial charge on any atom is 0.273 e. The van der Waals surface area contributed by atoms with Crippen LogP contribution in [0.25, 0.3) is 0 Å². The minimum absolute atomic E-state index is 0.0276. The number of nitrogens with one attached hydrogen (secondary N) is 1. The van der Waals surface area contributed by atoms with Crippen molar-refractivity contribution < 1.29 is 9.90 Å². The van der Waals surface area contributed by atoms with Gasteiger partial charge in [-0.25, -0.2) is 9.97 Å². The fourth-order valence-corrected chi connectivity index (χ4v) is 5.89. The molecule has 2 aliphatic carbocycles. The van der Waals surface area contributed by atoms with Crippen LogP contribution in [0.5, 0.6) is 0 Å². The Morgan fingerprint density at radius 2 is 1.90 bits per heavy atom. The second-order valence-corrected chi connectivity index (χ2v) is 8.82. The molecule has 1 unspecified atom stereocenters. The van der Waals surface area contributed by atoms with Crippen molar-refractivity contribution in [1.82, 2.24) is 19.8 Å². The normalized spacial score (nSPS) is 26.9. The van der Waals surface area contributed by atoms with Gasteiger partial charge in [-0.1, -0.05) is 30.9 Å². The summed E-state index contributed by atoms with van der Waals surface area (Å²) in [6.07, 6.45) is 13.1. The van der Waals surface area contributed by atoms with Gasteiger partial charge in [0.2, 0.25) is 0 Å². The maximum atomic E-state index is 13.6. The Morgan fingerprint density at radius 1 is 1.14 bits per heavy atom. The summed E-state index contributed by atoms with van der Waals surface area (Å²) in [7, 11) is 0. The number of aromatic nitrogens is 2. The molecule has 3 heterocycles. The molecule has 5 rings (SSSR count). The minimum atomic E-state index is -0.976. The number of halogens is 1. The third kappa shape index (κ3) is 2.94. The topological polar surface area (TPSA) is 81.6 Å². The molecule has 8 heteroatoms. The quantitative estimate of drug-likeness (QED) is 0.788. The highest BCUT2D eigenvalue weighted by atomic mass is 35.5. The van der Waals surface area contributed by atoms with Crippen LogP contribution >= 0.6 is 11.6 Å². The average Bonchev–Trinajstić information content (AvgIpc) is 3.33. The molecule has 1 saturated heterocycles. The molecule has 1 atom stereocenters. The standard InChI is InChI=1S/C21H26ClN5O2/c22-15-12-16(25-17-8-11-23-13-24-17)19(28)27-18(15)20(29)26(14-6-2-3-7-14)21(27)9-4-1-5-10-21/h8,11-14,19,28H,1-7,9-10H2,(H,23,24,25). The Kier molecular flexibility index (Phi) is 4.75. The monoisotopic (exact) mass is 415 g/mol. The van der Waals surface area contributed by atoms with E-state index >= 15 is 0 Å². The first-order valence-corrected chi connectivity index (χ1v) is 10.9. The molecular formula is C21H26ClN5O2. The predicted molar refractivity (Wildman–Crippen MR) is 109 cm³/mol. The number of aliphatic hydroxyl groups excluding tert-OH is 1. The van der Waals surface area contributed by atoms with Crippen LogP contribution in [0.3, 0.4) is 0 Å². The second kappa shape index (κ2) is 7.29. The van der Waals surface area contributed by atoms with E-state index in [1.165, 1.54) is 6.33 Å². The summed E-state index contributed by atoms with van der Waals surface area (Å²) in [6, 6.07) is 1.96. The van der Waals surface area contributed by atoms with Crippen molar-refractivity contribution in [2.45, 2.75) is 75.7 Å². The molecule has 1 amide bonds. The Labute approximate surface area is 175 Å². The number of rotatable bonds is 3. The fraction of sp³-hybridized carbons (Fsp3) is 0.571. The Bertz CT molecular complexity index is 859. The van der Waals surface area contributed by atoms with Crippen LogP contribution in [0.2, 0.25) is 0 Å². The van der Waals surface area contributed by atoms with Crippen LogP contribution < -0.4 is 5.32 Å². The van der Waals surface area contributed by atoms with Gasteiger partial charge in [-0.3, -0.25) is 4.79 Å². The first-order valence-electron chi connectivity index (χ1n) is 10.6. The molecule has 4 aliphatic rings. The largest absolute Gasteiger partial charge is 0.368 e. The summed E-state index contributed by atoms with van der Waals surface area (Å²) in [4.78, 5) is 25.7. The molecule has 2 aliphatic heterocycles. The van der Waals surface area contributed by atoms with Crippen molar-refractivity contribution in [3.63, 3.8) is 0 Å². The first kappa shape index (κ1) is 18.9. The van der Waals surface area contributed by atoms with Crippen LogP contribution in [0.15, 0.2) is 41.1 Å². The van der Waals surface area contributed by atoms with E-state index < -0.39 is 11.9 Å². The van der Waals surface area contributed by atoms with Gasteiger partial charge in [0.15, 0.2) is 6.23 Å². The van der Waals surface area contributed by atoms with E-state index in [0.717, 1.165) is 57.8 Å². The van der Waals surface area contributed by atoms with Gasteiger partial charge >= 0.3 is 0 Å². The Hall–Kier alpha value is -2.12. The third-order valence-electron chi connectivity index (χ3n) is 6.79. The minimum Gasteiger partial charge on any atom is -0.368 e. The molecule has 1 aromatic heterocycles. The zero-order valence-electron chi connectivity index (χ0n) is 16.4. The highest BCUT2D eigenvalue weighted by molar-refractivity contribution is 6.33. The zero-order valence-corrected chi connectivity index (χ0v) is 17.1. The van der Waals surface area contributed by atoms with E-state index in [-0.39, 0.29) is 11.9 Å². The summed E-state index contributed by atoms with van der Waals surface area (Å²) < 4.78 is 0. The van der Waals surface area contributed by atoms with Gasteiger partial charge in [-0.2, -0.15) is 0 Å². The maximum absolute atomic E-state index is 13.6.